The first-order chi connectivity index (χ1) is 12.6. The third kappa shape index (κ3) is 3.84. The SMILES string of the molecule is COc1cc2c(cc1OC)CN(C(=O)COC(=O)C1=COCCO1)CC2. The molecule has 2 aliphatic heterocycles. The molecule has 1 amide bonds. The van der Waals surface area contributed by atoms with Crippen LogP contribution in [0.5, 0.6) is 11.5 Å². The van der Waals surface area contributed by atoms with Crippen molar-refractivity contribution in [3.05, 3.63) is 35.3 Å². The van der Waals surface area contributed by atoms with Crippen molar-refractivity contribution in [2.24, 2.45) is 0 Å². The number of fused-ring (bicyclic) bond motifs is 1. The van der Waals surface area contributed by atoms with Crippen LogP contribution in [0.3, 0.4) is 0 Å². The number of hydrogen-bond acceptors (Lipinski definition) is 7. The van der Waals surface area contributed by atoms with Gasteiger partial charge in [0.15, 0.2) is 18.1 Å². The van der Waals surface area contributed by atoms with E-state index in [1.807, 2.05) is 12.1 Å². The molecule has 0 unspecified atom stereocenters. The number of benzene rings is 1. The van der Waals surface area contributed by atoms with Crippen LogP contribution >= 0.6 is 0 Å². The van der Waals surface area contributed by atoms with Crippen LogP contribution in [0, 0.1) is 0 Å². The number of ether oxygens (including phenoxy) is 5. The van der Waals surface area contributed by atoms with Gasteiger partial charge in [-0.05, 0) is 29.7 Å². The van der Waals surface area contributed by atoms with E-state index in [-0.39, 0.29) is 24.9 Å². The molecule has 0 radical (unpaired) electrons. The van der Waals surface area contributed by atoms with E-state index in [0.29, 0.717) is 37.6 Å². The Kier molecular flexibility index (Phi) is 5.50. The summed E-state index contributed by atoms with van der Waals surface area (Å²) in [6.07, 6.45) is 1.89. The van der Waals surface area contributed by atoms with Gasteiger partial charge in [0.1, 0.15) is 19.5 Å². The summed E-state index contributed by atoms with van der Waals surface area (Å²) in [5, 5.41) is 0. The van der Waals surface area contributed by atoms with E-state index >= 15 is 0 Å². The number of nitrogens with zero attached hydrogens (tertiary/aromatic N) is 1. The van der Waals surface area contributed by atoms with Crippen molar-refractivity contribution in [2.45, 2.75) is 13.0 Å². The zero-order chi connectivity index (χ0) is 18.5. The van der Waals surface area contributed by atoms with Crippen molar-refractivity contribution in [1.82, 2.24) is 4.90 Å². The topological polar surface area (TPSA) is 83.5 Å². The molecule has 0 atom stereocenters. The average Bonchev–Trinajstić information content (AvgIpc) is 2.70. The van der Waals surface area contributed by atoms with Gasteiger partial charge >= 0.3 is 5.97 Å². The molecule has 2 aliphatic rings. The number of hydrogen-bond donors (Lipinski definition) is 0. The van der Waals surface area contributed by atoms with Gasteiger partial charge in [0.2, 0.25) is 5.76 Å². The molecule has 2 heterocycles. The van der Waals surface area contributed by atoms with E-state index in [9.17, 15) is 9.59 Å². The zero-order valence-corrected chi connectivity index (χ0v) is 14.8. The fourth-order valence-corrected chi connectivity index (χ4v) is 2.86. The lowest BCUT2D eigenvalue weighted by atomic mass is 9.99. The molecule has 0 aromatic heterocycles. The molecule has 0 saturated carbocycles. The summed E-state index contributed by atoms with van der Waals surface area (Å²) in [5.74, 6) is 0.291. The minimum absolute atomic E-state index is 0.0233. The summed E-state index contributed by atoms with van der Waals surface area (Å²) >= 11 is 0. The first-order valence-electron chi connectivity index (χ1n) is 8.25. The van der Waals surface area contributed by atoms with Crippen molar-refractivity contribution in [3.63, 3.8) is 0 Å². The maximum absolute atomic E-state index is 12.4. The quantitative estimate of drug-likeness (QED) is 0.722. The van der Waals surface area contributed by atoms with Crippen molar-refractivity contribution in [3.8, 4) is 11.5 Å². The molecule has 8 heteroatoms. The highest BCUT2D eigenvalue weighted by Crippen LogP contribution is 2.33. The van der Waals surface area contributed by atoms with E-state index in [4.69, 9.17) is 23.7 Å². The zero-order valence-electron chi connectivity index (χ0n) is 14.8. The maximum atomic E-state index is 12.4. The second-order valence-electron chi connectivity index (χ2n) is 5.82. The van der Waals surface area contributed by atoms with Gasteiger partial charge in [0.05, 0.1) is 14.2 Å². The summed E-state index contributed by atoms with van der Waals surface area (Å²) in [6, 6.07) is 3.81. The highest BCUT2D eigenvalue weighted by atomic mass is 16.6. The molecule has 0 aliphatic carbocycles. The number of carbonyl (C=O) groups is 2. The lowest BCUT2D eigenvalue weighted by Gasteiger charge is -2.29. The summed E-state index contributed by atoms with van der Waals surface area (Å²) < 4.78 is 25.8. The largest absolute Gasteiger partial charge is 0.493 e. The molecule has 1 aromatic carbocycles. The van der Waals surface area contributed by atoms with E-state index in [2.05, 4.69) is 0 Å². The van der Waals surface area contributed by atoms with E-state index in [1.165, 1.54) is 6.26 Å². The first-order valence-corrected chi connectivity index (χ1v) is 8.25. The van der Waals surface area contributed by atoms with Crippen LogP contribution < -0.4 is 9.47 Å². The normalized spacial score (nSPS) is 15.8. The maximum Gasteiger partial charge on any atom is 0.377 e. The predicted octanol–water partition coefficient (Wildman–Crippen LogP) is 1.02. The summed E-state index contributed by atoms with van der Waals surface area (Å²) in [5.41, 5.74) is 2.10. The standard InChI is InChI=1S/C18H21NO7/c1-22-14-7-12-3-4-19(9-13(12)8-15(14)23-2)17(20)11-26-18(21)16-10-24-5-6-25-16/h7-8,10H,3-6,9,11H2,1-2H3. The highest BCUT2D eigenvalue weighted by molar-refractivity contribution is 5.88. The molecule has 26 heavy (non-hydrogen) atoms. The summed E-state index contributed by atoms with van der Waals surface area (Å²) in [6.45, 7) is 1.29. The Balaban J connectivity index is 1.60. The number of amides is 1. The van der Waals surface area contributed by atoms with E-state index in [1.54, 1.807) is 19.1 Å². The fourth-order valence-electron chi connectivity index (χ4n) is 2.86. The molecule has 3 rings (SSSR count). The first kappa shape index (κ1) is 17.9. The summed E-state index contributed by atoms with van der Waals surface area (Å²) in [4.78, 5) is 25.9. The van der Waals surface area contributed by atoms with Crippen LogP contribution in [-0.4, -0.2) is 57.4 Å². The monoisotopic (exact) mass is 363 g/mol. The van der Waals surface area contributed by atoms with Gasteiger partial charge in [-0.25, -0.2) is 4.79 Å². The fraction of sp³-hybridized carbons (Fsp3) is 0.444. The Hall–Kier alpha value is -2.90. The third-order valence-corrected chi connectivity index (χ3v) is 4.25. The summed E-state index contributed by atoms with van der Waals surface area (Å²) in [7, 11) is 3.16. The van der Waals surface area contributed by atoms with Gasteiger partial charge in [-0.15, -0.1) is 0 Å². The highest BCUT2D eigenvalue weighted by Gasteiger charge is 2.25. The van der Waals surface area contributed by atoms with E-state index in [0.717, 1.165) is 11.1 Å². The van der Waals surface area contributed by atoms with Crippen molar-refractivity contribution in [1.29, 1.82) is 0 Å². The minimum Gasteiger partial charge on any atom is -0.493 e. The molecule has 0 N–H and O–H groups in total. The average molecular weight is 363 g/mol. The van der Waals surface area contributed by atoms with Gasteiger partial charge in [0, 0.05) is 13.1 Å². The molecular weight excluding hydrogens is 342 g/mol. The molecule has 0 fully saturated rings. The molecule has 0 spiro atoms. The predicted molar refractivity (Wildman–Crippen MR) is 89.6 cm³/mol. The Morgan fingerprint density at radius 1 is 1.12 bits per heavy atom. The third-order valence-electron chi connectivity index (χ3n) is 4.25. The Bertz CT molecular complexity index is 728. The van der Waals surface area contributed by atoms with Crippen LogP contribution in [0.2, 0.25) is 0 Å². The van der Waals surface area contributed by atoms with Crippen molar-refractivity contribution >= 4 is 11.9 Å². The Labute approximate surface area is 151 Å². The molecule has 140 valence electrons. The van der Waals surface area contributed by atoms with Gasteiger partial charge in [0.25, 0.3) is 5.91 Å². The second-order valence-corrected chi connectivity index (χ2v) is 5.82. The van der Waals surface area contributed by atoms with Gasteiger partial charge in [-0.3, -0.25) is 4.79 Å². The van der Waals surface area contributed by atoms with Crippen molar-refractivity contribution in [2.75, 3.05) is 40.6 Å². The van der Waals surface area contributed by atoms with Crippen molar-refractivity contribution < 1.29 is 33.3 Å². The van der Waals surface area contributed by atoms with Crippen LogP contribution in [0.15, 0.2) is 24.2 Å². The van der Waals surface area contributed by atoms with Gasteiger partial charge < -0.3 is 28.6 Å². The lowest BCUT2D eigenvalue weighted by molar-refractivity contribution is -0.152. The molecule has 0 saturated heterocycles. The molecule has 8 nitrogen and oxygen atoms in total. The minimum atomic E-state index is -0.707. The Morgan fingerprint density at radius 2 is 1.85 bits per heavy atom. The molecular formula is C18H21NO7. The van der Waals surface area contributed by atoms with E-state index < -0.39 is 5.97 Å². The van der Waals surface area contributed by atoms with Crippen LogP contribution in [0.4, 0.5) is 0 Å². The van der Waals surface area contributed by atoms with Crippen LogP contribution in [0.25, 0.3) is 0 Å². The van der Waals surface area contributed by atoms with Gasteiger partial charge in [-0.1, -0.05) is 0 Å². The van der Waals surface area contributed by atoms with Gasteiger partial charge in [-0.2, -0.15) is 0 Å². The smallest absolute Gasteiger partial charge is 0.377 e. The van der Waals surface area contributed by atoms with Crippen LogP contribution in [-0.2, 0) is 36.8 Å². The molecule has 1 aromatic rings. The number of esters is 1. The number of carbonyl (C=O) groups excluding carboxylic acids is 2. The lowest BCUT2D eigenvalue weighted by Crippen LogP contribution is -2.38. The number of rotatable bonds is 5. The number of methoxy groups -OCH3 is 2. The van der Waals surface area contributed by atoms with Crippen LogP contribution in [0.1, 0.15) is 11.1 Å². The molecule has 0 bridgehead atoms. The Morgan fingerprint density at radius 3 is 2.50 bits per heavy atom. The second kappa shape index (κ2) is 7.99.